The Bertz CT molecular complexity index is 723. The number of aromatic nitrogens is 2. The van der Waals surface area contributed by atoms with E-state index in [0.29, 0.717) is 38.4 Å². The number of amides is 1. The topological polar surface area (TPSA) is 55.3 Å². The van der Waals surface area contributed by atoms with Crippen LogP contribution in [-0.4, -0.2) is 40.5 Å². The molecule has 1 atom stereocenters. The number of nitrogens with zero attached hydrogens (tertiary/aromatic N) is 3. The second kappa shape index (κ2) is 7.49. The molecule has 1 aromatic carbocycles. The van der Waals surface area contributed by atoms with Crippen molar-refractivity contribution in [3.05, 3.63) is 59.4 Å². The second-order valence-electron chi connectivity index (χ2n) is 5.89. The summed E-state index contributed by atoms with van der Waals surface area (Å²) < 4.78 is 18.9. The molecule has 1 fully saturated rings. The molecule has 2 aromatic rings. The fourth-order valence-corrected chi connectivity index (χ4v) is 2.76. The van der Waals surface area contributed by atoms with Gasteiger partial charge in [0.2, 0.25) is 5.91 Å². The Labute approximate surface area is 140 Å². The van der Waals surface area contributed by atoms with E-state index in [4.69, 9.17) is 4.74 Å². The molecular weight excluding hydrogens is 309 g/mol. The highest BCUT2D eigenvalue weighted by molar-refractivity contribution is 5.76. The quantitative estimate of drug-likeness (QED) is 0.865. The zero-order valence-electron chi connectivity index (χ0n) is 13.6. The summed E-state index contributed by atoms with van der Waals surface area (Å²) in [5, 5.41) is 0. The van der Waals surface area contributed by atoms with E-state index in [0.717, 1.165) is 11.3 Å². The van der Waals surface area contributed by atoms with Crippen LogP contribution >= 0.6 is 0 Å². The van der Waals surface area contributed by atoms with Crippen LogP contribution < -0.4 is 0 Å². The van der Waals surface area contributed by atoms with Crippen molar-refractivity contribution >= 4 is 5.91 Å². The molecule has 0 saturated carbocycles. The molecule has 1 amide bonds. The summed E-state index contributed by atoms with van der Waals surface area (Å²) in [6, 6.07) is 8.19. The van der Waals surface area contributed by atoms with Crippen LogP contribution in [-0.2, 0) is 16.0 Å². The summed E-state index contributed by atoms with van der Waals surface area (Å²) in [7, 11) is 0. The monoisotopic (exact) mass is 329 g/mol. The lowest BCUT2D eigenvalue weighted by Gasteiger charge is -2.32. The number of hydrogen-bond donors (Lipinski definition) is 0. The minimum atomic E-state index is -0.295. The van der Waals surface area contributed by atoms with E-state index in [1.165, 1.54) is 12.1 Å². The third kappa shape index (κ3) is 4.14. The maximum absolute atomic E-state index is 13.2. The van der Waals surface area contributed by atoms with Crippen LogP contribution in [0.15, 0.2) is 36.5 Å². The van der Waals surface area contributed by atoms with E-state index >= 15 is 0 Å². The molecule has 6 heteroatoms. The number of hydrogen-bond acceptors (Lipinski definition) is 4. The number of rotatable bonds is 4. The van der Waals surface area contributed by atoms with E-state index in [1.54, 1.807) is 17.2 Å². The minimum Gasteiger partial charge on any atom is -0.367 e. The lowest BCUT2D eigenvalue weighted by atomic mass is 10.1. The highest BCUT2D eigenvalue weighted by atomic mass is 19.1. The Balaban J connectivity index is 1.59. The van der Waals surface area contributed by atoms with Gasteiger partial charge in [0.1, 0.15) is 11.9 Å². The van der Waals surface area contributed by atoms with Gasteiger partial charge < -0.3 is 9.64 Å². The van der Waals surface area contributed by atoms with Crippen LogP contribution in [0.3, 0.4) is 0 Å². The van der Waals surface area contributed by atoms with Crippen LogP contribution in [0.4, 0.5) is 4.39 Å². The highest BCUT2D eigenvalue weighted by Gasteiger charge is 2.26. The summed E-state index contributed by atoms with van der Waals surface area (Å²) in [5.41, 5.74) is 1.70. The van der Waals surface area contributed by atoms with Gasteiger partial charge in [-0.3, -0.25) is 4.79 Å². The van der Waals surface area contributed by atoms with Crippen molar-refractivity contribution in [2.75, 3.05) is 19.7 Å². The highest BCUT2D eigenvalue weighted by Crippen LogP contribution is 2.20. The number of aryl methyl sites for hydroxylation is 2. The average Bonchev–Trinajstić information content (AvgIpc) is 2.60. The van der Waals surface area contributed by atoms with Crippen molar-refractivity contribution in [1.29, 1.82) is 0 Å². The number of morpholine rings is 1. The molecule has 1 saturated heterocycles. The van der Waals surface area contributed by atoms with Crippen LogP contribution in [0, 0.1) is 12.7 Å². The maximum Gasteiger partial charge on any atom is 0.223 e. The maximum atomic E-state index is 13.2. The Kier molecular flexibility index (Phi) is 5.15. The molecule has 0 radical (unpaired) electrons. The summed E-state index contributed by atoms with van der Waals surface area (Å²) >= 11 is 0. The average molecular weight is 329 g/mol. The van der Waals surface area contributed by atoms with Gasteiger partial charge in [-0.15, -0.1) is 0 Å². The molecule has 1 aliphatic heterocycles. The van der Waals surface area contributed by atoms with Crippen LogP contribution in [0.2, 0.25) is 0 Å². The van der Waals surface area contributed by atoms with Crippen molar-refractivity contribution in [3.63, 3.8) is 0 Å². The molecule has 3 rings (SSSR count). The first-order chi connectivity index (χ1) is 11.6. The molecule has 0 N–H and O–H groups in total. The minimum absolute atomic E-state index is 0.0419. The molecule has 126 valence electrons. The van der Waals surface area contributed by atoms with Gasteiger partial charge in [-0.05, 0) is 37.1 Å². The largest absolute Gasteiger partial charge is 0.367 e. The van der Waals surface area contributed by atoms with Crippen molar-refractivity contribution in [2.45, 2.75) is 25.9 Å². The summed E-state index contributed by atoms with van der Waals surface area (Å²) in [4.78, 5) is 22.8. The van der Waals surface area contributed by atoms with Gasteiger partial charge in [0.05, 0.1) is 13.2 Å². The van der Waals surface area contributed by atoms with Gasteiger partial charge in [-0.1, -0.05) is 12.1 Å². The first-order valence-electron chi connectivity index (χ1n) is 8.05. The van der Waals surface area contributed by atoms with Gasteiger partial charge in [0.15, 0.2) is 5.82 Å². The Morgan fingerprint density at radius 1 is 1.42 bits per heavy atom. The van der Waals surface area contributed by atoms with Crippen molar-refractivity contribution in [2.24, 2.45) is 0 Å². The first-order valence-corrected chi connectivity index (χ1v) is 8.05. The van der Waals surface area contributed by atoms with E-state index in [9.17, 15) is 9.18 Å². The van der Waals surface area contributed by atoms with Gasteiger partial charge in [-0.2, -0.15) is 0 Å². The fraction of sp³-hybridized carbons (Fsp3) is 0.389. The molecular formula is C18H20FN3O2. The zero-order chi connectivity index (χ0) is 16.9. The molecule has 24 heavy (non-hydrogen) atoms. The van der Waals surface area contributed by atoms with Gasteiger partial charge in [-0.25, -0.2) is 14.4 Å². The molecule has 1 aromatic heterocycles. The summed E-state index contributed by atoms with van der Waals surface area (Å²) in [6.45, 7) is 3.37. The number of halogens is 1. The standard InChI is InChI=1S/C18H20FN3O2/c1-13-7-8-20-18(21-13)16-12-22(9-10-24-16)17(23)6-5-14-3-2-4-15(19)11-14/h2-4,7-8,11,16H,5-6,9-10,12H2,1H3/t16-/m1/s1. The van der Waals surface area contributed by atoms with E-state index in [1.807, 2.05) is 19.1 Å². The Morgan fingerprint density at radius 2 is 2.29 bits per heavy atom. The number of benzene rings is 1. The zero-order valence-corrected chi connectivity index (χ0v) is 13.6. The fourth-order valence-electron chi connectivity index (χ4n) is 2.76. The van der Waals surface area contributed by atoms with Crippen molar-refractivity contribution < 1.29 is 13.9 Å². The predicted molar refractivity (Wildman–Crippen MR) is 86.8 cm³/mol. The van der Waals surface area contributed by atoms with Gasteiger partial charge in [0.25, 0.3) is 0 Å². The van der Waals surface area contributed by atoms with Gasteiger partial charge >= 0.3 is 0 Å². The molecule has 0 aliphatic carbocycles. The van der Waals surface area contributed by atoms with Crippen LogP contribution in [0.1, 0.15) is 29.6 Å². The SMILES string of the molecule is Cc1ccnc([C@H]2CN(C(=O)CCc3cccc(F)c3)CCO2)n1. The summed E-state index contributed by atoms with van der Waals surface area (Å²) in [5.74, 6) is 0.376. The lowest BCUT2D eigenvalue weighted by molar-refractivity contribution is -0.139. The summed E-state index contributed by atoms with van der Waals surface area (Å²) in [6.07, 6.45) is 2.28. The van der Waals surface area contributed by atoms with Crippen LogP contribution in [0.5, 0.6) is 0 Å². The normalized spacial score (nSPS) is 17.8. The predicted octanol–water partition coefficient (Wildman–Crippen LogP) is 2.46. The third-order valence-electron chi connectivity index (χ3n) is 4.04. The Hall–Kier alpha value is -2.34. The van der Waals surface area contributed by atoms with E-state index < -0.39 is 0 Å². The molecule has 1 aliphatic rings. The van der Waals surface area contributed by atoms with Gasteiger partial charge in [0, 0.05) is 24.9 Å². The first kappa shape index (κ1) is 16.5. The van der Waals surface area contributed by atoms with E-state index in [-0.39, 0.29) is 17.8 Å². The molecule has 0 spiro atoms. The van der Waals surface area contributed by atoms with Crippen molar-refractivity contribution in [1.82, 2.24) is 14.9 Å². The number of carbonyl (C=O) groups is 1. The molecule has 0 unspecified atom stereocenters. The van der Waals surface area contributed by atoms with E-state index in [2.05, 4.69) is 9.97 Å². The smallest absolute Gasteiger partial charge is 0.223 e. The lowest BCUT2D eigenvalue weighted by Crippen LogP contribution is -2.42. The molecule has 0 bridgehead atoms. The number of ether oxygens (including phenoxy) is 1. The molecule has 5 nitrogen and oxygen atoms in total. The number of carbonyl (C=O) groups excluding carboxylic acids is 1. The molecule has 2 heterocycles. The third-order valence-corrected chi connectivity index (χ3v) is 4.04. The second-order valence-corrected chi connectivity index (χ2v) is 5.89. The van der Waals surface area contributed by atoms with Crippen LogP contribution in [0.25, 0.3) is 0 Å². The Morgan fingerprint density at radius 3 is 3.08 bits per heavy atom. The van der Waals surface area contributed by atoms with Crippen molar-refractivity contribution in [3.8, 4) is 0 Å².